The van der Waals surface area contributed by atoms with Crippen molar-refractivity contribution in [3.63, 3.8) is 0 Å². The summed E-state index contributed by atoms with van der Waals surface area (Å²) in [7, 11) is 1.58. The number of aryl methyl sites for hydroxylation is 1. The van der Waals surface area contributed by atoms with Gasteiger partial charge in [0.1, 0.15) is 12.5 Å². The van der Waals surface area contributed by atoms with Crippen molar-refractivity contribution in [2.45, 2.75) is 20.3 Å². The van der Waals surface area contributed by atoms with Crippen LogP contribution in [-0.2, 0) is 15.9 Å². The molecule has 1 aliphatic heterocycles. The first-order chi connectivity index (χ1) is 11.7. The van der Waals surface area contributed by atoms with E-state index < -0.39 is 5.97 Å². The molecule has 0 fully saturated rings. The minimum Gasteiger partial charge on any atom is -0.481 e. The topological polar surface area (TPSA) is 87.5 Å². The highest BCUT2D eigenvalue weighted by molar-refractivity contribution is 5.91. The summed E-state index contributed by atoms with van der Waals surface area (Å²) in [6.07, 6.45) is 2.24. The first kappa shape index (κ1) is 16.3. The highest BCUT2D eigenvalue weighted by Crippen LogP contribution is 2.28. The Balaban J connectivity index is 2.10. The van der Waals surface area contributed by atoms with Crippen LogP contribution < -0.4 is 10.1 Å². The summed E-state index contributed by atoms with van der Waals surface area (Å²) in [4.78, 5) is 16.5. The van der Waals surface area contributed by atoms with Gasteiger partial charge in [0, 0.05) is 17.5 Å². The molecule has 3 heterocycles. The molecule has 1 N–H and O–H groups in total. The highest BCUT2D eigenvalue weighted by Gasteiger charge is 2.26. The zero-order chi connectivity index (χ0) is 17.1. The van der Waals surface area contributed by atoms with E-state index >= 15 is 0 Å². The predicted molar refractivity (Wildman–Crippen MR) is 86.8 cm³/mol. The Bertz CT molecular complexity index is 757. The van der Waals surface area contributed by atoms with Crippen LogP contribution in [-0.4, -0.2) is 47.8 Å². The number of ether oxygens (including phenoxy) is 3. The van der Waals surface area contributed by atoms with Crippen LogP contribution in [0.3, 0.4) is 0 Å². The number of anilines is 1. The van der Waals surface area contributed by atoms with E-state index in [2.05, 4.69) is 15.4 Å². The number of nitrogens with zero attached hydrogens (tertiary/aromatic N) is 3. The molecule has 8 heteroatoms. The van der Waals surface area contributed by atoms with Gasteiger partial charge in [0.2, 0.25) is 5.88 Å². The maximum Gasteiger partial charge on any atom is 0.359 e. The van der Waals surface area contributed by atoms with E-state index in [0.29, 0.717) is 37.9 Å². The summed E-state index contributed by atoms with van der Waals surface area (Å²) in [5.41, 5.74) is 2.70. The first-order valence-electron chi connectivity index (χ1n) is 7.77. The third kappa shape index (κ3) is 2.92. The predicted octanol–water partition coefficient (Wildman–Crippen LogP) is 1.70. The van der Waals surface area contributed by atoms with E-state index in [-0.39, 0.29) is 0 Å². The lowest BCUT2D eigenvalue weighted by molar-refractivity contribution is 0.0517. The van der Waals surface area contributed by atoms with Crippen LogP contribution in [0, 0.1) is 6.92 Å². The molecule has 0 unspecified atom stereocenters. The lowest BCUT2D eigenvalue weighted by Gasteiger charge is -2.10. The average Bonchev–Trinajstić information content (AvgIpc) is 2.76. The Labute approximate surface area is 139 Å². The third-order valence-corrected chi connectivity index (χ3v) is 3.74. The van der Waals surface area contributed by atoms with Gasteiger partial charge in [-0.1, -0.05) is 0 Å². The van der Waals surface area contributed by atoms with E-state index in [9.17, 15) is 4.79 Å². The second-order valence-corrected chi connectivity index (χ2v) is 5.31. The van der Waals surface area contributed by atoms with E-state index in [1.165, 1.54) is 0 Å². The Morgan fingerprint density at radius 1 is 1.50 bits per heavy atom. The van der Waals surface area contributed by atoms with Crippen LogP contribution in [0.2, 0.25) is 0 Å². The van der Waals surface area contributed by atoms with Crippen LogP contribution >= 0.6 is 0 Å². The van der Waals surface area contributed by atoms with Crippen molar-refractivity contribution in [3.05, 3.63) is 29.1 Å². The summed E-state index contributed by atoms with van der Waals surface area (Å²) >= 11 is 0. The zero-order valence-electron chi connectivity index (χ0n) is 14.0. The van der Waals surface area contributed by atoms with Crippen molar-refractivity contribution in [2.24, 2.45) is 0 Å². The second kappa shape index (κ2) is 6.88. The molecule has 0 saturated carbocycles. The number of fused-ring (bicyclic) bond motifs is 1. The summed E-state index contributed by atoms with van der Waals surface area (Å²) < 4.78 is 17.4. The van der Waals surface area contributed by atoms with Crippen LogP contribution in [0.4, 0.5) is 5.82 Å². The third-order valence-electron chi connectivity index (χ3n) is 3.74. The van der Waals surface area contributed by atoms with Gasteiger partial charge in [-0.3, -0.25) is 0 Å². The van der Waals surface area contributed by atoms with E-state index in [1.54, 1.807) is 24.9 Å². The highest BCUT2D eigenvalue weighted by atomic mass is 16.5. The van der Waals surface area contributed by atoms with Crippen molar-refractivity contribution in [2.75, 3.05) is 32.4 Å². The number of aromatic nitrogens is 3. The van der Waals surface area contributed by atoms with Gasteiger partial charge in [0.15, 0.2) is 5.69 Å². The Morgan fingerprint density at radius 3 is 3.04 bits per heavy atom. The van der Waals surface area contributed by atoms with Crippen LogP contribution in [0.15, 0.2) is 12.3 Å². The lowest BCUT2D eigenvalue weighted by Crippen LogP contribution is -2.11. The zero-order valence-corrected chi connectivity index (χ0v) is 14.0. The number of rotatable bonds is 4. The maximum absolute atomic E-state index is 12.2. The summed E-state index contributed by atoms with van der Waals surface area (Å²) in [6.45, 7) is 4.83. The smallest absolute Gasteiger partial charge is 0.359 e. The molecule has 0 atom stereocenters. The Kier molecular flexibility index (Phi) is 4.66. The second-order valence-electron chi connectivity index (χ2n) is 5.31. The van der Waals surface area contributed by atoms with E-state index in [0.717, 1.165) is 22.6 Å². The van der Waals surface area contributed by atoms with Gasteiger partial charge < -0.3 is 19.5 Å². The van der Waals surface area contributed by atoms with Gasteiger partial charge in [-0.05, 0) is 19.9 Å². The largest absolute Gasteiger partial charge is 0.481 e. The molecule has 3 rings (SSSR count). The molecule has 2 aromatic rings. The number of carbonyl (C=O) groups is 1. The number of hydrogen-bond acceptors (Lipinski definition) is 7. The molecule has 0 amide bonds. The monoisotopic (exact) mass is 332 g/mol. The fourth-order valence-corrected chi connectivity index (χ4v) is 2.66. The standard InChI is InChI=1S/C16H20N4O4/c1-4-24-16(21)13-12-5-6-23-9-18-14(12)20(19-13)11-7-10(2)15(22-3)17-8-11/h7-8,18H,4-6,9H2,1-3H3. The van der Waals surface area contributed by atoms with Crippen molar-refractivity contribution in [3.8, 4) is 11.6 Å². The number of pyridine rings is 1. The van der Waals surface area contributed by atoms with Crippen molar-refractivity contribution in [1.29, 1.82) is 0 Å². The van der Waals surface area contributed by atoms with Crippen LogP contribution in [0.25, 0.3) is 5.69 Å². The molecule has 2 aromatic heterocycles. The van der Waals surface area contributed by atoms with Crippen LogP contribution in [0.1, 0.15) is 28.5 Å². The normalized spacial score (nSPS) is 13.6. The van der Waals surface area contributed by atoms with E-state index in [4.69, 9.17) is 14.2 Å². The molecule has 8 nitrogen and oxygen atoms in total. The van der Waals surface area contributed by atoms with Gasteiger partial charge in [-0.25, -0.2) is 14.5 Å². The van der Waals surface area contributed by atoms with Crippen molar-refractivity contribution in [1.82, 2.24) is 14.8 Å². The molecule has 0 aliphatic carbocycles. The number of methoxy groups -OCH3 is 1. The fraction of sp³-hybridized carbons (Fsp3) is 0.438. The summed E-state index contributed by atoms with van der Waals surface area (Å²) in [6, 6.07) is 1.90. The van der Waals surface area contributed by atoms with Crippen LogP contribution in [0.5, 0.6) is 5.88 Å². The van der Waals surface area contributed by atoms with Gasteiger partial charge in [-0.15, -0.1) is 0 Å². The summed E-state index contributed by atoms with van der Waals surface area (Å²) in [5, 5.41) is 7.63. The van der Waals surface area contributed by atoms with E-state index in [1.807, 2.05) is 13.0 Å². The van der Waals surface area contributed by atoms with Gasteiger partial charge in [0.05, 0.1) is 32.2 Å². The number of nitrogens with one attached hydrogen (secondary N) is 1. The molecule has 0 bridgehead atoms. The minimum atomic E-state index is -0.436. The number of hydrogen-bond donors (Lipinski definition) is 1. The molecule has 0 radical (unpaired) electrons. The van der Waals surface area contributed by atoms with Gasteiger partial charge in [0.25, 0.3) is 0 Å². The molecule has 128 valence electrons. The van der Waals surface area contributed by atoms with Gasteiger partial charge >= 0.3 is 5.97 Å². The quantitative estimate of drug-likeness (QED) is 0.853. The SMILES string of the molecule is CCOC(=O)c1nn(-c2cnc(OC)c(C)c2)c2c1CCOCN2. The molecule has 0 aromatic carbocycles. The maximum atomic E-state index is 12.2. The first-order valence-corrected chi connectivity index (χ1v) is 7.77. The minimum absolute atomic E-state index is 0.299. The molecular formula is C16H20N4O4. The number of carbonyl (C=O) groups excluding carboxylic acids is 1. The van der Waals surface area contributed by atoms with Crippen molar-refractivity contribution < 1.29 is 19.0 Å². The average molecular weight is 332 g/mol. The molecule has 24 heavy (non-hydrogen) atoms. The Morgan fingerprint density at radius 2 is 2.33 bits per heavy atom. The lowest BCUT2D eigenvalue weighted by atomic mass is 10.1. The molecule has 0 saturated heterocycles. The molecule has 1 aliphatic rings. The molecular weight excluding hydrogens is 312 g/mol. The van der Waals surface area contributed by atoms with Gasteiger partial charge in [-0.2, -0.15) is 5.10 Å². The Hall–Kier alpha value is -2.61. The fourth-order valence-electron chi connectivity index (χ4n) is 2.66. The summed E-state index contributed by atoms with van der Waals surface area (Å²) in [5.74, 6) is 0.843. The number of esters is 1. The van der Waals surface area contributed by atoms with Crippen molar-refractivity contribution >= 4 is 11.8 Å². The molecule has 0 spiro atoms.